The fourth-order valence-electron chi connectivity index (χ4n) is 4.08. The van der Waals surface area contributed by atoms with Gasteiger partial charge in [0.05, 0.1) is 5.56 Å². The molecule has 1 heterocycles. The summed E-state index contributed by atoms with van der Waals surface area (Å²) in [5.41, 5.74) is -0.00452. The molecule has 1 spiro atoms. The number of nitrogens with zero attached hydrogens (tertiary/aromatic N) is 1. The first-order chi connectivity index (χ1) is 10.6. The van der Waals surface area contributed by atoms with Gasteiger partial charge in [0.15, 0.2) is 0 Å². The van der Waals surface area contributed by atoms with Gasteiger partial charge in [0, 0.05) is 31.5 Å². The summed E-state index contributed by atoms with van der Waals surface area (Å²) in [6.07, 6.45) is 3.68. The molecule has 0 radical (unpaired) electrons. The third-order valence-electron chi connectivity index (χ3n) is 5.25. The molecule has 5 heteroatoms. The fourth-order valence-corrected chi connectivity index (χ4v) is 4.08. The van der Waals surface area contributed by atoms with E-state index in [0.717, 1.165) is 25.7 Å². The summed E-state index contributed by atoms with van der Waals surface area (Å²) in [7, 11) is 1.66. The lowest BCUT2D eigenvalue weighted by atomic mass is 9.76. The molecule has 1 aromatic rings. The lowest BCUT2D eigenvalue weighted by Gasteiger charge is -2.30. The standard InChI is InChI=1S/C17H21FN2O2/c1-19-15(21)13-6-4-8-17(13)9-10-20(11-17)16(22)12-5-2-3-7-14(12)18/h2-3,5,7,13H,4,6,8-11H2,1H3,(H,19,21)/t13-,17-/m0/s1. The van der Waals surface area contributed by atoms with E-state index >= 15 is 0 Å². The minimum atomic E-state index is -0.484. The molecule has 22 heavy (non-hydrogen) atoms. The molecule has 1 saturated heterocycles. The van der Waals surface area contributed by atoms with Crippen LogP contribution in [0.15, 0.2) is 24.3 Å². The number of rotatable bonds is 2. The predicted octanol–water partition coefficient (Wildman–Crippen LogP) is 2.20. The van der Waals surface area contributed by atoms with Gasteiger partial charge in [-0.25, -0.2) is 4.39 Å². The van der Waals surface area contributed by atoms with Crippen LogP contribution in [0.1, 0.15) is 36.0 Å². The molecule has 0 unspecified atom stereocenters. The Labute approximate surface area is 129 Å². The van der Waals surface area contributed by atoms with E-state index in [9.17, 15) is 14.0 Å². The van der Waals surface area contributed by atoms with Crippen LogP contribution in [-0.4, -0.2) is 36.9 Å². The van der Waals surface area contributed by atoms with Crippen molar-refractivity contribution in [3.05, 3.63) is 35.6 Å². The highest BCUT2D eigenvalue weighted by atomic mass is 19.1. The molecule has 1 saturated carbocycles. The Hall–Kier alpha value is -1.91. The highest BCUT2D eigenvalue weighted by Crippen LogP contribution is 2.50. The van der Waals surface area contributed by atoms with Crippen molar-refractivity contribution in [1.29, 1.82) is 0 Å². The summed E-state index contributed by atoms with van der Waals surface area (Å²) in [5.74, 6) is -0.714. The maximum atomic E-state index is 13.8. The van der Waals surface area contributed by atoms with Gasteiger partial charge in [-0.1, -0.05) is 18.6 Å². The SMILES string of the molecule is CNC(=O)[C@@H]1CCC[C@@]12CCN(C(=O)c1ccccc1F)C2. The topological polar surface area (TPSA) is 49.4 Å². The van der Waals surface area contributed by atoms with Crippen LogP contribution in [0, 0.1) is 17.2 Å². The average molecular weight is 304 g/mol. The largest absolute Gasteiger partial charge is 0.359 e. The maximum absolute atomic E-state index is 13.8. The summed E-state index contributed by atoms with van der Waals surface area (Å²) in [6, 6.07) is 6.08. The van der Waals surface area contributed by atoms with E-state index in [-0.39, 0.29) is 28.7 Å². The van der Waals surface area contributed by atoms with Gasteiger partial charge in [-0.05, 0) is 31.4 Å². The number of likely N-dealkylation sites (tertiary alicyclic amines) is 1. The van der Waals surface area contributed by atoms with E-state index in [1.807, 2.05) is 0 Å². The van der Waals surface area contributed by atoms with Gasteiger partial charge in [0.1, 0.15) is 5.82 Å². The summed E-state index contributed by atoms with van der Waals surface area (Å²) in [5, 5.41) is 2.74. The zero-order valence-electron chi connectivity index (χ0n) is 12.8. The van der Waals surface area contributed by atoms with Crippen molar-refractivity contribution < 1.29 is 14.0 Å². The number of nitrogens with one attached hydrogen (secondary N) is 1. The Morgan fingerprint density at radius 3 is 2.82 bits per heavy atom. The molecular weight excluding hydrogens is 283 g/mol. The normalized spacial score (nSPS) is 27.4. The summed E-state index contributed by atoms with van der Waals surface area (Å²) < 4.78 is 13.8. The Bertz CT molecular complexity index is 604. The molecule has 1 aliphatic carbocycles. The molecule has 1 aromatic carbocycles. The van der Waals surface area contributed by atoms with Gasteiger partial charge < -0.3 is 10.2 Å². The second-order valence-corrected chi connectivity index (χ2v) is 6.38. The van der Waals surface area contributed by atoms with Gasteiger partial charge in [-0.15, -0.1) is 0 Å². The third-order valence-corrected chi connectivity index (χ3v) is 5.25. The van der Waals surface area contributed by atoms with Crippen LogP contribution >= 0.6 is 0 Å². The van der Waals surface area contributed by atoms with E-state index in [2.05, 4.69) is 5.32 Å². The van der Waals surface area contributed by atoms with E-state index in [1.54, 1.807) is 24.1 Å². The Morgan fingerprint density at radius 2 is 2.09 bits per heavy atom. The number of carbonyl (C=O) groups is 2. The highest BCUT2D eigenvalue weighted by molar-refractivity contribution is 5.94. The van der Waals surface area contributed by atoms with Crippen LogP contribution in [0.5, 0.6) is 0 Å². The molecule has 4 nitrogen and oxygen atoms in total. The number of benzene rings is 1. The molecule has 0 bridgehead atoms. The van der Waals surface area contributed by atoms with Gasteiger partial charge in [-0.2, -0.15) is 0 Å². The van der Waals surface area contributed by atoms with Crippen LogP contribution in [0.3, 0.4) is 0 Å². The van der Waals surface area contributed by atoms with Gasteiger partial charge >= 0.3 is 0 Å². The molecule has 2 fully saturated rings. The average Bonchev–Trinajstić information content (AvgIpc) is 3.14. The zero-order valence-corrected chi connectivity index (χ0v) is 12.8. The quantitative estimate of drug-likeness (QED) is 0.910. The first kappa shape index (κ1) is 15.0. The Kier molecular flexibility index (Phi) is 3.89. The van der Waals surface area contributed by atoms with Gasteiger partial charge in [-0.3, -0.25) is 9.59 Å². The van der Waals surface area contributed by atoms with Crippen molar-refractivity contribution in [1.82, 2.24) is 10.2 Å². The van der Waals surface area contributed by atoms with E-state index in [0.29, 0.717) is 13.1 Å². The zero-order chi connectivity index (χ0) is 15.7. The lowest BCUT2D eigenvalue weighted by Crippen LogP contribution is -2.40. The monoisotopic (exact) mass is 304 g/mol. The second kappa shape index (κ2) is 5.71. The highest BCUT2D eigenvalue weighted by Gasteiger charge is 2.51. The van der Waals surface area contributed by atoms with Crippen LogP contribution in [0.4, 0.5) is 4.39 Å². The lowest BCUT2D eigenvalue weighted by molar-refractivity contribution is -0.127. The molecule has 2 atom stereocenters. The summed E-state index contributed by atoms with van der Waals surface area (Å²) >= 11 is 0. The number of carbonyl (C=O) groups excluding carboxylic acids is 2. The second-order valence-electron chi connectivity index (χ2n) is 6.38. The minimum absolute atomic E-state index is 0.0316. The van der Waals surface area contributed by atoms with E-state index in [4.69, 9.17) is 0 Å². The van der Waals surface area contributed by atoms with Crippen molar-refractivity contribution >= 4 is 11.8 Å². The molecular formula is C17H21FN2O2. The maximum Gasteiger partial charge on any atom is 0.256 e. The molecule has 118 valence electrons. The number of hydrogen-bond donors (Lipinski definition) is 1. The Balaban J connectivity index is 1.79. The number of amides is 2. The summed E-state index contributed by atoms with van der Waals surface area (Å²) in [6.45, 7) is 1.15. The van der Waals surface area contributed by atoms with Crippen LogP contribution in [0.25, 0.3) is 0 Å². The molecule has 1 aliphatic heterocycles. The van der Waals surface area contributed by atoms with Crippen LogP contribution in [-0.2, 0) is 4.79 Å². The molecule has 1 N–H and O–H groups in total. The van der Waals surface area contributed by atoms with Gasteiger partial charge in [0.25, 0.3) is 5.91 Å². The first-order valence-electron chi connectivity index (χ1n) is 7.83. The summed E-state index contributed by atoms with van der Waals surface area (Å²) in [4.78, 5) is 26.3. The van der Waals surface area contributed by atoms with E-state index in [1.165, 1.54) is 12.1 Å². The van der Waals surface area contributed by atoms with Crippen LogP contribution < -0.4 is 5.32 Å². The first-order valence-corrected chi connectivity index (χ1v) is 7.83. The molecule has 2 amide bonds. The molecule has 2 aliphatic rings. The van der Waals surface area contributed by atoms with Crippen molar-refractivity contribution in [3.63, 3.8) is 0 Å². The smallest absolute Gasteiger partial charge is 0.256 e. The molecule has 3 rings (SSSR count). The fraction of sp³-hybridized carbons (Fsp3) is 0.529. The van der Waals surface area contributed by atoms with Crippen LogP contribution in [0.2, 0.25) is 0 Å². The number of hydrogen-bond acceptors (Lipinski definition) is 2. The van der Waals surface area contributed by atoms with E-state index < -0.39 is 5.82 Å². The Morgan fingerprint density at radius 1 is 1.32 bits per heavy atom. The molecule has 0 aromatic heterocycles. The third kappa shape index (κ3) is 2.38. The van der Waals surface area contributed by atoms with Crippen molar-refractivity contribution in [2.75, 3.05) is 20.1 Å². The number of halogens is 1. The van der Waals surface area contributed by atoms with Gasteiger partial charge in [0.2, 0.25) is 5.91 Å². The minimum Gasteiger partial charge on any atom is -0.359 e. The predicted molar refractivity (Wildman–Crippen MR) is 80.8 cm³/mol. The van der Waals surface area contributed by atoms with Crippen molar-refractivity contribution in [2.24, 2.45) is 11.3 Å². The van der Waals surface area contributed by atoms with Crippen molar-refractivity contribution in [2.45, 2.75) is 25.7 Å². The van der Waals surface area contributed by atoms with Crippen molar-refractivity contribution in [3.8, 4) is 0 Å².